The van der Waals surface area contributed by atoms with Gasteiger partial charge in [0.25, 0.3) is 0 Å². The van der Waals surface area contributed by atoms with E-state index in [-0.39, 0.29) is 11.3 Å². The topological polar surface area (TPSA) is 98.9 Å². The van der Waals surface area contributed by atoms with Gasteiger partial charge in [-0.1, -0.05) is 55.2 Å². The number of para-hydroxylation sites is 1. The van der Waals surface area contributed by atoms with Gasteiger partial charge in [-0.15, -0.1) is 11.3 Å². The van der Waals surface area contributed by atoms with Gasteiger partial charge in [0.15, 0.2) is 0 Å². The molecule has 0 saturated heterocycles. The molecule has 4 N–H and O–H groups in total. The molecule has 1 atom stereocenters. The molecule has 1 saturated carbocycles. The van der Waals surface area contributed by atoms with Crippen LogP contribution in [0.25, 0.3) is 10.9 Å². The molecule has 39 heavy (non-hydrogen) atoms. The number of H-pyrrole nitrogens is 1. The van der Waals surface area contributed by atoms with Gasteiger partial charge < -0.3 is 20.9 Å². The summed E-state index contributed by atoms with van der Waals surface area (Å²) in [6.07, 6.45) is 7.71. The van der Waals surface area contributed by atoms with Gasteiger partial charge in [0.05, 0.1) is 10.7 Å². The SMILES string of the molecule is Cc1ccc(NC(=O)NC(C)(Cc2c[nH]c3ccccc23)C(=O)NCC2(c3csc(C)n3)CCCCC2)cc1. The first-order valence-electron chi connectivity index (χ1n) is 13.7. The largest absolute Gasteiger partial charge is 0.361 e. The molecule has 2 heterocycles. The number of fused-ring (bicyclic) bond motifs is 1. The molecule has 5 rings (SSSR count). The Hall–Kier alpha value is -3.65. The molecule has 0 radical (unpaired) electrons. The van der Waals surface area contributed by atoms with Crippen molar-refractivity contribution >= 4 is 39.9 Å². The minimum absolute atomic E-state index is 0.176. The molecule has 4 aromatic rings. The summed E-state index contributed by atoms with van der Waals surface area (Å²) in [7, 11) is 0. The van der Waals surface area contributed by atoms with E-state index in [0.717, 1.165) is 58.4 Å². The molecular weight excluding hydrogens is 506 g/mol. The van der Waals surface area contributed by atoms with Crippen LogP contribution in [0.3, 0.4) is 0 Å². The van der Waals surface area contributed by atoms with Crippen LogP contribution >= 0.6 is 11.3 Å². The summed E-state index contributed by atoms with van der Waals surface area (Å²) < 4.78 is 0. The average Bonchev–Trinajstić information content (AvgIpc) is 3.55. The highest BCUT2D eigenvalue weighted by Gasteiger charge is 2.40. The molecule has 1 unspecified atom stereocenters. The number of aromatic amines is 1. The molecule has 0 spiro atoms. The highest BCUT2D eigenvalue weighted by molar-refractivity contribution is 7.09. The molecule has 204 valence electrons. The quantitative estimate of drug-likeness (QED) is 0.207. The third-order valence-electron chi connectivity index (χ3n) is 7.98. The first kappa shape index (κ1) is 26.9. The summed E-state index contributed by atoms with van der Waals surface area (Å²) in [6.45, 7) is 6.33. The van der Waals surface area contributed by atoms with Crippen molar-refractivity contribution in [1.29, 1.82) is 0 Å². The molecule has 1 aliphatic rings. The number of thiazole rings is 1. The first-order chi connectivity index (χ1) is 18.8. The van der Waals surface area contributed by atoms with E-state index in [1.54, 1.807) is 18.3 Å². The van der Waals surface area contributed by atoms with Crippen LogP contribution in [-0.4, -0.2) is 34.0 Å². The number of aryl methyl sites for hydroxylation is 2. The Kier molecular flexibility index (Phi) is 7.75. The molecule has 8 heteroatoms. The number of hydrogen-bond acceptors (Lipinski definition) is 4. The maximum absolute atomic E-state index is 14.0. The van der Waals surface area contributed by atoms with Crippen LogP contribution in [0.5, 0.6) is 0 Å². The van der Waals surface area contributed by atoms with Gasteiger partial charge in [0.2, 0.25) is 5.91 Å². The first-order valence-corrected chi connectivity index (χ1v) is 14.6. The van der Waals surface area contributed by atoms with E-state index < -0.39 is 11.6 Å². The van der Waals surface area contributed by atoms with Crippen LogP contribution in [0.2, 0.25) is 0 Å². The summed E-state index contributed by atoms with van der Waals surface area (Å²) in [5.74, 6) is -0.205. The van der Waals surface area contributed by atoms with Gasteiger partial charge in [-0.25, -0.2) is 9.78 Å². The Morgan fingerprint density at radius 1 is 1.05 bits per heavy atom. The number of carbonyl (C=O) groups excluding carboxylic acids is 2. The van der Waals surface area contributed by atoms with Crippen molar-refractivity contribution in [3.63, 3.8) is 0 Å². The maximum atomic E-state index is 14.0. The minimum Gasteiger partial charge on any atom is -0.361 e. The second kappa shape index (κ2) is 11.2. The number of nitrogens with one attached hydrogen (secondary N) is 4. The van der Waals surface area contributed by atoms with Crippen molar-refractivity contribution in [3.05, 3.63) is 81.9 Å². The van der Waals surface area contributed by atoms with E-state index >= 15 is 0 Å². The predicted octanol–water partition coefficient (Wildman–Crippen LogP) is 6.38. The molecule has 1 fully saturated rings. The standard InChI is InChI=1S/C31H37N5O2S/c1-21-11-13-24(14-12-21)35-29(38)36-30(3,17-23-18-32-26-10-6-5-9-25(23)26)28(37)33-20-31(15-7-4-8-16-31)27-19-39-22(2)34-27/h5-6,9-14,18-19,32H,4,7-8,15-17,20H2,1-3H3,(H,33,37)(H2,35,36,38). The van der Waals surface area contributed by atoms with Crippen LogP contribution in [0.15, 0.2) is 60.1 Å². The minimum atomic E-state index is -1.19. The molecule has 2 aromatic carbocycles. The second-order valence-electron chi connectivity index (χ2n) is 11.1. The number of anilines is 1. The Morgan fingerprint density at radius 2 is 1.79 bits per heavy atom. The lowest BCUT2D eigenvalue weighted by Gasteiger charge is -2.38. The molecule has 2 aromatic heterocycles. The fourth-order valence-electron chi connectivity index (χ4n) is 5.69. The third kappa shape index (κ3) is 6.01. The van der Waals surface area contributed by atoms with E-state index in [1.807, 2.05) is 68.6 Å². The molecule has 3 amide bonds. The molecule has 1 aliphatic carbocycles. The average molecular weight is 544 g/mol. The van der Waals surface area contributed by atoms with Crippen molar-refractivity contribution in [2.45, 2.75) is 70.3 Å². The van der Waals surface area contributed by atoms with E-state index in [2.05, 4.69) is 26.3 Å². The highest BCUT2D eigenvalue weighted by atomic mass is 32.1. The Balaban J connectivity index is 1.39. The number of rotatable bonds is 8. The van der Waals surface area contributed by atoms with Crippen LogP contribution < -0.4 is 16.0 Å². The Labute approximate surface area is 233 Å². The summed E-state index contributed by atoms with van der Waals surface area (Å²) in [4.78, 5) is 35.3. The number of amides is 3. The summed E-state index contributed by atoms with van der Waals surface area (Å²) >= 11 is 1.66. The summed E-state index contributed by atoms with van der Waals surface area (Å²) in [6, 6.07) is 15.2. The highest BCUT2D eigenvalue weighted by Crippen LogP contribution is 2.39. The normalized spacial score (nSPS) is 16.4. The van der Waals surface area contributed by atoms with Gasteiger partial charge in [-0.2, -0.15) is 0 Å². The number of benzene rings is 2. The molecule has 7 nitrogen and oxygen atoms in total. The van der Waals surface area contributed by atoms with Crippen LogP contribution in [0, 0.1) is 13.8 Å². The Morgan fingerprint density at radius 3 is 2.51 bits per heavy atom. The van der Waals surface area contributed by atoms with Crippen molar-refractivity contribution in [2.24, 2.45) is 0 Å². The number of aromatic nitrogens is 2. The van der Waals surface area contributed by atoms with E-state index in [0.29, 0.717) is 18.7 Å². The van der Waals surface area contributed by atoms with E-state index in [4.69, 9.17) is 4.98 Å². The smallest absolute Gasteiger partial charge is 0.320 e. The van der Waals surface area contributed by atoms with Crippen LogP contribution in [-0.2, 0) is 16.6 Å². The molecule has 0 aliphatic heterocycles. The van der Waals surface area contributed by atoms with Gasteiger partial charge >= 0.3 is 6.03 Å². The lowest BCUT2D eigenvalue weighted by atomic mass is 9.72. The van der Waals surface area contributed by atoms with E-state index in [9.17, 15) is 9.59 Å². The van der Waals surface area contributed by atoms with Crippen LogP contribution in [0.4, 0.5) is 10.5 Å². The lowest BCUT2D eigenvalue weighted by molar-refractivity contribution is -0.127. The number of nitrogens with zero attached hydrogens (tertiary/aromatic N) is 1. The fourth-order valence-corrected chi connectivity index (χ4v) is 6.43. The van der Waals surface area contributed by atoms with Gasteiger partial charge in [0, 0.05) is 46.5 Å². The Bertz CT molecular complexity index is 1450. The third-order valence-corrected chi connectivity index (χ3v) is 8.75. The summed E-state index contributed by atoms with van der Waals surface area (Å²) in [5, 5.41) is 13.4. The van der Waals surface area contributed by atoms with Crippen molar-refractivity contribution < 1.29 is 9.59 Å². The monoisotopic (exact) mass is 543 g/mol. The zero-order valence-corrected chi connectivity index (χ0v) is 23.7. The van der Waals surface area contributed by atoms with Gasteiger partial charge in [-0.05, 0) is 57.4 Å². The van der Waals surface area contributed by atoms with Gasteiger partial charge in [0.1, 0.15) is 5.54 Å². The second-order valence-corrected chi connectivity index (χ2v) is 12.2. The summed E-state index contributed by atoms with van der Waals surface area (Å²) in [5.41, 5.74) is 3.47. The number of carbonyl (C=O) groups is 2. The van der Waals surface area contributed by atoms with Gasteiger partial charge in [-0.3, -0.25) is 4.79 Å². The van der Waals surface area contributed by atoms with Crippen LogP contribution in [0.1, 0.15) is 60.9 Å². The number of hydrogen-bond donors (Lipinski definition) is 4. The van der Waals surface area contributed by atoms with Crippen molar-refractivity contribution in [1.82, 2.24) is 20.6 Å². The van der Waals surface area contributed by atoms with Crippen molar-refractivity contribution in [2.75, 3.05) is 11.9 Å². The zero-order valence-electron chi connectivity index (χ0n) is 22.9. The van der Waals surface area contributed by atoms with Crippen molar-refractivity contribution in [3.8, 4) is 0 Å². The molecule has 0 bridgehead atoms. The number of urea groups is 1. The molecular formula is C31H37N5O2S. The zero-order chi connectivity index (χ0) is 27.5. The lowest BCUT2D eigenvalue weighted by Crippen LogP contribution is -2.60. The van der Waals surface area contributed by atoms with E-state index in [1.165, 1.54) is 6.42 Å². The fraction of sp³-hybridized carbons (Fsp3) is 0.387. The predicted molar refractivity (Wildman–Crippen MR) is 158 cm³/mol. The maximum Gasteiger partial charge on any atom is 0.320 e.